The first kappa shape index (κ1) is 19.1. The standard InChI is InChI=1S/C14H14N6O5S/c1-2-25-13(23)8-3-4-9(15-5-8)6-16-18-10(21)7-26-12-11(22)17-14(24)20-19-12/h3-6H,2,7H2,1H3,(H,18,21)(H2,17,20,22,24)/b16-6+. The number of nitrogens with one attached hydrogen (secondary N) is 3. The van der Waals surface area contributed by atoms with Crippen LogP contribution in [0.1, 0.15) is 23.0 Å². The quantitative estimate of drug-likeness (QED) is 0.246. The van der Waals surface area contributed by atoms with Gasteiger partial charge >= 0.3 is 11.7 Å². The molecule has 0 saturated heterocycles. The van der Waals surface area contributed by atoms with Gasteiger partial charge in [0.15, 0.2) is 5.03 Å². The average molecular weight is 378 g/mol. The van der Waals surface area contributed by atoms with Crippen LogP contribution < -0.4 is 16.7 Å². The van der Waals surface area contributed by atoms with Crippen LogP contribution in [-0.4, -0.2) is 50.6 Å². The zero-order valence-corrected chi connectivity index (χ0v) is 14.3. The third kappa shape index (κ3) is 5.66. The number of H-pyrrole nitrogens is 2. The Kier molecular flexibility index (Phi) is 6.79. The molecule has 0 aliphatic carbocycles. The molecular weight excluding hydrogens is 364 g/mol. The van der Waals surface area contributed by atoms with Crippen LogP contribution in [0.25, 0.3) is 0 Å². The predicted octanol–water partition coefficient (Wildman–Crippen LogP) is -0.728. The maximum Gasteiger partial charge on any atom is 0.342 e. The Morgan fingerprint density at radius 1 is 1.38 bits per heavy atom. The monoisotopic (exact) mass is 378 g/mol. The van der Waals surface area contributed by atoms with Crippen molar-refractivity contribution in [3.8, 4) is 0 Å². The molecule has 0 aliphatic heterocycles. The fourth-order valence-electron chi connectivity index (χ4n) is 1.59. The molecule has 2 aromatic heterocycles. The number of ether oxygens (including phenoxy) is 1. The Balaban J connectivity index is 1.83. The summed E-state index contributed by atoms with van der Waals surface area (Å²) < 4.78 is 4.84. The lowest BCUT2D eigenvalue weighted by molar-refractivity contribution is -0.118. The van der Waals surface area contributed by atoms with E-state index in [4.69, 9.17) is 4.74 Å². The molecule has 12 heteroatoms. The highest BCUT2D eigenvalue weighted by Crippen LogP contribution is 2.07. The number of carbonyl (C=O) groups is 2. The minimum atomic E-state index is -0.727. The van der Waals surface area contributed by atoms with Crippen molar-refractivity contribution in [1.29, 1.82) is 0 Å². The number of nitrogens with zero attached hydrogens (tertiary/aromatic N) is 3. The second kappa shape index (κ2) is 9.27. The number of hydrogen-bond donors (Lipinski definition) is 3. The summed E-state index contributed by atoms with van der Waals surface area (Å²) in [5.74, 6) is -1.09. The van der Waals surface area contributed by atoms with E-state index in [1.807, 2.05) is 4.98 Å². The molecule has 0 aliphatic rings. The van der Waals surface area contributed by atoms with E-state index in [-0.39, 0.29) is 17.4 Å². The molecule has 0 saturated carbocycles. The lowest BCUT2D eigenvalue weighted by Crippen LogP contribution is -2.26. The molecule has 3 N–H and O–H groups in total. The Morgan fingerprint density at radius 3 is 2.85 bits per heavy atom. The molecule has 136 valence electrons. The van der Waals surface area contributed by atoms with Crippen molar-refractivity contribution in [3.63, 3.8) is 0 Å². The molecule has 0 fully saturated rings. The van der Waals surface area contributed by atoms with E-state index in [0.29, 0.717) is 11.3 Å². The summed E-state index contributed by atoms with van der Waals surface area (Å²) in [6, 6.07) is 3.07. The summed E-state index contributed by atoms with van der Waals surface area (Å²) in [4.78, 5) is 51.4. The zero-order chi connectivity index (χ0) is 18.9. The molecule has 26 heavy (non-hydrogen) atoms. The smallest absolute Gasteiger partial charge is 0.342 e. The first-order chi connectivity index (χ1) is 12.5. The van der Waals surface area contributed by atoms with Gasteiger partial charge in [0, 0.05) is 6.20 Å². The number of thioether (sulfide) groups is 1. The minimum Gasteiger partial charge on any atom is -0.462 e. The lowest BCUT2D eigenvalue weighted by atomic mass is 10.2. The molecule has 11 nitrogen and oxygen atoms in total. The summed E-state index contributed by atoms with van der Waals surface area (Å²) in [5.41, 5.74) is 1.58. The van der Waals surface area contributed by atoms with Gasteiger partial charge in [-0.3, -0.25) is 19.6 Å². The number of carbonyl (C=O) groups excluding carboxylic acids is 2. The maximum atomic E-state index is 11.7. The van der Waals surface area contributed by atoms with Gasteiger partial charge in [0.25, 0.3) is 5.56 Å². The number of esters is 1. The van der Waals surface area contributed by atoms with Crippen LogP contribution in [0.3, 0.4) is 0 Å². The van der Waals surface area contributed by atoms with Crippen LogP contribution in [0.4, 0.5) is 0 Å². The molecule has 2 heterocycles. The number of rotatable bonds is 7. The van der Waals surface area contributed by atoms with Crippen LogP contribution in [0.2, 0.25) is 0 Å². The van der Waals surface area contributed by atoms with E-state index in [2.05, 4.69) is 25.7 Å². The van der Waals surface area contributed by atoms with Gasteiger partial charge in [0.05, 0.1) is 29.8 Å². The maximum absolute atomic E-state index is 11.7. The highest BCUT2D eigenvalue weighted by molar-refractivity contribution is 7.99. The highest BCUT2D eigenvalue weighted by Gasteiger charge is 2.08. The van der Waals surface area contributed by atoms with E-state index in [0.717, 1.165) is 11.8 Å². The SMILES string of the molecule is CCOC(=O)c1ccc(/C=N/NC(=O)CSc2n[nH]c(=O)[nH]c2=O)nc1. The molecule has 0 spiro atoms. The van der Waals surface area contributed by atoms with Gasteiger partial charge in [-0.05, 0) is 19.1 Å². The number of amides is 1. The van der Waals surface area contributed by atoms with E-state index in [1.54, 1.807) is 13.0 Å². The van der Waals surface area contributed by atoms with Gasteiger partial charge in [0.1, 0.15) is 0 Å². The highest BCUT2D eigenvalue weighted by atomic mass is 32.2. The van der Waals surface area contributed by atoms with Gasteiger partial charge in [-0.2, -0.15) is 10.2 Å². The van der Waals surface area contributed by atoms with Crippen molar-refractivity contribution in [2.45, 2.75) is 11.9 Å². The van der Waals surface area contributed by atoms with Crippen molar-refractivity contribution in [1.82, 2.24) is 25.6 Å². The molecule has 0 atom stereocenters. The van der Waals surface area contributed by atoms with E-state index in [9.17, 15) is 19.2 Å². The van der Waals surface area contributed by atoms with Crippen LogP contribution in [0.5, 0.6) is 0 Å². The number of aromatic amines is 2. The van der Waals surface area contributed by atoms with Crippen molar-refractivity contribution in [3.05, 3.63) is 50.4 Å². The van der Waals surface area contributed by atoms with Gasteiger partial charge in [0.2, 0.25) is 5.91 Å². The zero-order valence-electron chi connectivity index (χ0n) is 13.5. The fourth-order valence-corrected chi connectivity index (χ4v) is 2.21. The van der Waals surface area contributed by atoms with Crippen LogP contribution in [0.15, 0.2) is 38.0 Å². The minimum absolute atomic E-state index is 0.0417. The lowest BCUT2D eigenvalue weighted by Gasteiger charge is -2.01. The average Bonchev–Trinajstić information content (AvgIpc) is 2.62. The van der Waals surface area contributed by atoms with Gasteiger partial charge in [-0.15, -0.1) is 0 Å². The second-order valence-electron chi connectivity index (χ2n) is 4.59. The number of hydrazone groups is 1. The molecule has 2 rings (SSSR count). The topological polar surface area (TPSA) is 159 Å². The summed E-state index contributed by atoms with van der Waals surface area (Å²) >= 11 is 0.842. The molecule has 1 amide bonds. The summed E-state index contributed by atoms with van der Waals surface area (Å²) in [5, 5.41) is 9.27. The van der Waals surface area contributed by atoms with E-state index >= 15 is 0 Å². The van der Waals surface area contributed by atoms with Gasteiger partial charge in [-0.1, -0.05) is 11.8 Å². The summed E-state index contributed by atoms with van der Waals surface area (Å²) in [6.07, 6.45) is 2.63. The molecule has 0 aromatic carbocycles. The fraction of sp³-hybridized carbons (Fsp3) is 0.214. The predicted molar refractivity (Wildman–Crippen MR) is 92.1 cm³/mol. The Morgan fingerprint density at radius 2 is 2.19 bits per heavy atom. The molecular formula is C14H14N6O5S. The first-order valence-corrected chi connectivity index (χ1v) is 8.25. The number of pyridine rings is 1. The van der Waals surface area contributed by atoms with Crippen LogP contribution in [0, 0.1) is 0 Å². The van der Waals surface area contributed by atoms with Crippen molar-refractivity contribution < 1.29 is 14.3 Å². The Labute approximate surface area is 150 Å². The van der Waals surface area contributed by atoms with E-state index in [1.165, 1.54) is 18.5 Å². The van der Waals surface area contributed by atoms with Gasteiger partial charge in [-0.25, -0.2) is 20.1 Å². The summed E-state index contributed by atoms with van der Waals surface area (Å²) in [6.45, 7) is 1.98. The summed E-state index contributed by atoms with van der Waals surface area (Å²) in [7, 11) is 0. The molecule has 0 unspecified atom stereocenters. The largest absolute Gasteiger partial charge is 0.462 e. The van der Waals surface area contributed by atoms with Crippen molar-refractivity contribution in [2.75, 3.05) is 12.4 Å². The number of hydrogen-bond acceptors (Lipinski definition) is 9. The van der Waals surface area contributed by atoms with Crippen molar-refractivity contribution >= 4 is 29.9 Å². The Hall–Kier alpha value is -3.28. The van der Waals surface area contributed by atoms with E-state index < -0.39 is 23.1 Å². The first-order valence-electron chi connectivity index (χ1n) is 7.26. The molecule has 2 aromatic rings. The third-order valence-corrected chi connectivity index (χ3v) is 3.66. The Bertz CT molecular complexity index is 920. The third-order valence-electron chi connectivity index (χ3n) is 2.70. The van der Waals surface area contributed by atoms with Gasteiger partial charge < -0.3 is 4.74 Å². The molecule has 0 radical (unpaired) electrons. The van der Waals surface area contributed by atoms with Crippen molar-refractivity contribution in [2.24, 2.45) is 5.10 Å². The number of aromatic nitrogens is 4. The normalized spacial score (nSPS) is 10.7. The second-order valence-corrected chi connectivity index (χ2v) is 5.55. The van der Waals surface area contributed by atoms with Crippen LogP contribution in [-0.2, 0) is 9.53 Å². The molecule has 0 bridgehead atoms. The van der Waals surface area contributed by atoms with Crippen LogP contribution >= 0.6 is 11.8 Å².